The largest absolute Gasteiger partial charge is 0.472 e. The van der Waals surface area contributed by atoms with Crippen LogP contribution in [0.25, 0.3) is 0 Å². The maximum absolute atomic E-state index is 13.1. The smallest absolute Gasteiger partial charge is 0.463 e. The van der Waals surface area contributed by atoms with Crippen molar-refractivity contribution in [1.29, 1.82) is 0 Å². The first-order valence-electron chi connectivity index (χ1n) is 46.4. The van der Waals surface area contributed by atoms with Gasteiger partial charge in [0.2, 0.25) is 0 Å². The van der Waals surface area contributed by atoms with E-state index in [0.717, 1.165) is 205 Å². The number of hydrogen-bond donors (Lipinski definition) is 4. The van der Waals surface area contributed by atoms with Crippen LogP contribution in [0.2, 0.25) is 0 Å². The summed E-state index contributed by atoms with van der Waals surface area (Å²) in [5.74, 6) is -1.60. The van der Waals surface area contributed by atoms with Crippen molar-refractivity contribution in [3.05, 3.63) is 207 Å². The normalized spacial score (nSPS) is 14.7. The summed E-state index contributed by atoms with van der Waals surface area (Å²) >= 11 is 0. The number of phosphoric acid groups is 2. The quantitative estimate of drug-likeness (QED) is 0.0146. The molecule has 0 heterocycles. The van der Waals surface area contributed by atoms with Crippen molar-refractivity contribution in [1.82, 2.24) is 0 Å². The number of esters is 3. The number of carbonyl (C=O) groups excluding carboxylic acids is 3. The summed E-state index contributed by atoms with van der Waals surface area (Å²) in [5, 5.41) is 20.7. The molecule has 0 fully saturated rings. The second-order valence-electron chi connectivity index (χ2n) is 30.3. The van der Waals surface area contributed by atoms with E-state index in [1.807, 2.05) is 0 Å². The summed E-state index contributed by atoms with van der Waals surface area (Å²) in [7, 11) is -9.83. The third-order valence-electron chi connectivity index (χ3n) is 19.0. The van der Waals surface area contributed by atoms with Crippen LogP contribution >= 0.6 is 15.6 Å². The van der Waals surface area contributed by atoms with Gasteiger partial charge >= 0.3 is 33.6 Å². The van der Waals surface area contributed by atoms with Crippen LogP contribution in [0.3, 0.4) is 0 Å². The lowest BCUT2D eigenvalue weighted by atomic mass is 10.0. The Labute approximate surface area is 724 Å². The highest BCUT2D eigenvalue weighted by Crippen LogP contribution is 2.45. The van der Waals surface area contributed by atoms with Gasteiger partial charge in [0, 0.05) is 19.3 Å². The van der Waals surface area contributed by atoms with Crippen LogP contribution in [-0.2, 0) is 55.8 Å². The van der Waals surface area contributed by atoms with Gasteiger partial charge in [0.25, 0.3) is 0 Å². The number of allylic oxidation sites excluding steroid dienone is 34. The fourth-order valence-electron chi connectivity index (χ4n) is 12.1. The van der Waals surface area contributed by atoms with Crippen molar-refractivity contribution < 1.29 is 75.8 Å². The summed E-state index contributed by atoms with van der Waals surface area (Å²) in [5.41, 5.74) is 0. The molecule has 0 aromatic rings. The first-order valence-corrected chi connectivity index (χ1v) is 49.4. The second kappa shape index (κ2) is 91.3. The molecule has 0 rings (SSSR count). The van der Waals surface area contributed by atoms with Crippen molar-refractivity contribution in [3.63, 3.8) is 0 Å². The minimum atomic E-state index is -4.95. The summed E-state index contributed by atoms with van der Waals surface area (Å²) in [6.45, 7) is 2.34. The van der Waals surface area contributed by atoms with Gasteiger partial charge < -0.3 is 34.2 Å². The third-order valence-corrected chi connectivity index (χ3v) is 20.9. The molecule has 119 heavy (non-hydrogen) atoms. The zero-order valence-corrected chi connectivity index (χ0v) is 76.2. The van der Waals surface area contributed by atoms with E-state index in [1.54, 1.807) is 0 Å². The van der Waals surface area contributed by atoms with Crippen LogP contribution in [-0.4, -0.2) is 95.9 Å². The molecule has 16 nitrogen and oxygen atoms in total. The topological polar surface area (TPSA) is 231 Å². The van der Waals surface area contributed by atoms with Gasteiger partial charge in [-0.1, -0.05) is 375 Å². The average Bonchev–Trinajstić information content (AvgIpc) is 0.905. The molecule has 0 saturated carbocycles. The predicted molar refractivity (Wildman–Crippen MR) is 500 cm³/mol. The molecule has 676 valence electrons. The fraction of sp³-hybridized carbons (Fsp3) is 0.634. The Morgan fingerprint density at radius 2 is 0.420 bits per heavy atom. The van der Waals surface area contributed by atoms with E-state index in [-0.39, 0.29) is 19.3 Å². The number of unbranched alkanes of at least 4 members (excludes halogenated alkanes) is 29. The SMILES string of the molecule is CC/C=C\C/C=C\C/C=C\C/C=C\C/C=C\C/C=C\CCCCCCCCCCCCCCC(=O)OCC(O)COP(=O)(O)OCC(O)COP(=O)(O)OCC(COC(=O)CCCCCCCCCCCCC/C=C\C/C=C\C/C=C\C/C=C\C/C=C\CC)OC(=O)CCCCCCCC/C=C\C/C=C\C/C=C\C/C=C\C/C=C\C/C=C\CC. The van der Waals surface area contributed by atoms with Crippen molar-refractivity contribution in [2.24, 2.45) is 0 Å². The van der Waals surface area contributed by atoms with E-state index in [9.17, 15) is 43.5 Å². The van der Waals surface area contributed by atoms with Gasteiger partial charge in [-0.15, -0.1) is 0 Å². The van der Waals surface area contributed by atoms with E-state index in [1.165, 1.54) is 89.9 Å². The van der Waals surface area contributed by atoms with Gasteiger partial charge in [-0.3, -0.25) is 32.5 Å². The molecule has 0 radical (unpaired) electrons. The van der Waals surface area contributed by atoms with Crippen LogP contribution in [0.5, 0.6) is 0 Å². The molecule has 0 aromatic carbocycles. The van der Waals surface area contributed by atoms with Crippen LogP contribution in [0, 0.1) is 0 Å². The summed E-state index contributed by atoms with van der Waals surface area (Å²) < 4.78 is 61.5. The monoisotopic (exact) mass is 1700 g/mol. The van der Waals surface area contributed by atoms with E-state index in [2.05, 4.69) is 227 Å². The Hall–Kier alpha value is -5.87. The lowest BCUT2D eigenvalue weighted by molar-refractivity contribution is -0.161. The first kappa shape index (κ1) is 113. The van der Waals surface area contributed by atoms with Gasteiger partial charge in [0.15, 0.2) is 6.10 Å². The minimum absolute atomic E-state index is 0.0793. The highest BCUT2D eigenvalue weighted by atomic mass is 31.2. The number of hydrogen-bond acceptors (Lipinski definition) is 14. The van der Waals surface area contributed by atoms with Crippen LogP contribution in [0.15, 0.2) is 207 Å². The summed E-state index contributed by atoms with van der Waals surface area (Å²) in [6.07, 6.45) is 123. The Kier molecular flexibility index (Phi) is 86.8. The molecule has 4 N–H and O–H groups in total. The number of aliphatic hydroxyl groups excluding tert-OH is 2. The van der Waals surface area contributed by atoms with E-state index in [4.69, 9.17) is 32.3 Å². The Balaban J connectivity index is 4.67. The maximum atomic E-state index is 13.1. The minimum Gasteiger partial charge on any atom is -0.463 e. The molecule has 5 unspecified atom stereocenters. The zero-order chi connectivity index (χ0) is 86.5. The van der Waals surface area contributed by atoms with Crippen LogP contribution in [0.4, 0.5) is 0 Å². The number of aliphatic hydroxyl groups is 2. The van der Waals surface area contributed by atoms with Crippen LogP contribution < -0.4 is 0 Å². The molecular weight excluding hydrogens is 1530 g/mol. The Morgan fingerprint density at radius 1 is 0.235 bits per heavy atom. The van der Waals surface area contributed by atoms with Crippen molar-refractivity contribution >= 4 is 33.6 Å². The van der Waals surface area contributed by atoms with Gasteiger partial charge in [-0.05, 0) is 167 Å². The number of rotatable bonds is 86. The highest BCUT2D eigenvalue weighted by Gasteiger charge is 2.29. The van der Waals surface area contributed by atoms with Gasteiger partial charge in [0.1, 0.15) is 25.4 Å². The molecule has 0 amide bonds. The Morgan fingerprint density at radius 3 is 0.664 bits per heavy atom. The van der Waals surface area contributed by atoms with Gasteiger partial charge in [0.05, 0.1) is 26.4 Å². The number of phosphoric ester groups is 2. The molecule has 5 atom stereocenters. The van der Waals surface area contributed by atoms with Crippen molar-refractivity contribution in [2.75, 3.05) is 39.6 Å². The maximum Gasteiger partial charge on any atom is 0.472 e. The van der Waals surface area contributed by atoms with Crippen LogP contribution in [0.1, 0.15) is 355 Å². The second-order valence-corrected chi connectivity index (χ2v) is 33.2. The first-order chi connectivity index (χ1) is 58.2. The van der Waals surface area contributed by atoms with Gasteiger partial charge in [-0.25, -0.2) is 9.13 Å². The highest BCUT2D eigenvalue weighted by molar-refractivity contribution is 7.47. The average molecular weight is 1700 g/mol. The predicted octanol–water partition coefficient (Wildman–Crippen LogP) is 28.8. The standard InChI is InChI=1S/C101H166O16P2/c1-4-7-10-13-16-19-22-25-28-31-34-37-40-43-45-46-47-48-50-53-54-57-60-63-66-69-72-75-78-81-84-87-99(104)111-90-96(102)91-113-118(107,108)114-92-97(103)93-115-119(109,110)116-95-98(117-101(106)89-86-83-80-77-74-71-68-65-62-59-56-51-42-39-36-33-30-27-24-21-18-15-12-9-6-3)94-112-100(105)88-85-82-79-76-73-70-67-64-61-58-55-52-49-44-41-38-35-32-29-26-23-20-17-14-11-8-5-2/h7-12,16-21,25-30,34-39,43-45,47-49,51,56,62,65,96-98,102-103H,4-6,13-15,22-24,31-33,40-42,46,50,52-55,57-61,63-64,66-95H2,1-3H3,(H,107,108)(H,109,110)/b10-7-,11-8-,12-9-,19-16-,20-17-,21-18-,28-25-,29-26-,30-27-,37-34-,38-35-,39-36-,45-43-,48-47-,49-44-,56-51-,65-62-. The molecule has 0 aliphatic rings. The van der Waals surface area contributed by atoms with E-state index in [0.29, 0.717) is 19.3 Å². The number of ether oxygens (including phenoxy) is 3. The van der Waals surface area contributed by atoms with E-state index < -0.39 is 91.5 Å². The van der Waals surface area contributed by atoms with Crippen molar-refractivity contribution in [2.45, 2.75) is 373 Å². The fourth-order valence-corrected chi connectivity index (χ4v) is 13.7. The lowest BCUT2D eigenvalue weighted by Gasteiger charge is -2.21. The molecule has 0 aromatic heterocycles. The molecule has 0 bridgehead atoms. The molecule has 18 heteroatoms. The summed E-state index contributed by atoms with van der Waals surface area (Å²) in [4.78, 5) is 59.1. The Bertz CT molecular complexity index is 2990. The molecule has 0 aliphatic heterocycles. The molecule has 0 aliphatic carbocycles. The van der Waals surface area contributed by atoms with Gasteiger partial charge in [-0.2, -0.15) is 0 Å². The lowest BCUT2D eigenvalue weighted by Crippen LogP contribution is -2.30. The summed E-state index contributed by atoms with van der Waals surface area (Å²) in [6, 6.07) is 0. The van der Waals surface area contributed by atoms with E-state index >= 15 is 0 Å². The zero-order valence-electron chi connectivity index (χ0n) is 74.5. The third kappa shape index (κ3) is 92.7. The number of carbonyl (C=O) groups is 3. The molecule has 0 spiro atoms. The molecular formula is C101H166O16P2. The van der Waals surface area contributed by atoms with Crippen molar-refractivity contribution in [3.8, 4) is 0 Å². The molecule has 0 saturated heterocycles.